The first-order valence-corrected chi connectivity index (χ1v) is 11.5. The fraction of sp³-hybridized carbons (Fsp3) is 0.542. The molecular weight excluding hydrogens is 388 g/mol. The number of carbonyl (C=O) groups excluding carboxylic acids is 1. The van der Waals surface area contributed by atoms with Crippen LogP contribution in [0, 0.1) is 6.92 Å². The van der Waals surface area contributed by atoms with Crippen molar-refractivity contribution < 1.29 is 4.79 Å². The number of aromatic nitrogens is 2. The van der Waals surface area contributed by atoms with Gasteiger partial charge in [-0.25, -0.2) is 4.98 Å². The van der Waals surface area contributed by atoms with Gasteiger partial charge in [0.25, 0.3) is 5.91 Å². The molecule has 1 aromatic heterocycles. The number of fused-ring (bicyclic) bond motifs is 1. The number of likely N-dealkylation sites (N-methyl/N-ethyl adjacent to an activating group) is 1. The molecule has 0 aliphatic carbocycles. The smallest absolute Gasteiger partial charge is 0.254 e. The second-order valence-corrected chi connectivity index (χ2v) is 9.10. The van der Waals surface area contributed by atoms with E-state index in [2.05, 4.69) is 21.7 Å². The van der Waals surface area contributed by atoms with Gasteiger partial charge in [0.05, 0.1) is 12.2 Å². The number of amides is 1. The van der Waals surface area contributed by atoms with Crippen LogP contribution in [0.1, 0.15) is 40.0 Å². The van der Waals surface area contributed by atoms with E-state index in [9.17, 15) is 4.79 Å². The minimum Gasteiger partial charge on any atom is -0.356 e. The average Bonchev–Trinajstić information content (AvgIpc) is 3.33. The van der Waals surface area contributed by atoms with Crippen molar-refractivity contribution in [1.82, 2.24) is 19.8 Å². The van der Waals surface area contributed by atoms with Crippen molar-refractivity contribution in [2.24, 2.45) is 0 Å². The molecule has 7 nitrogen and oxygen atoms in total. The number of hydrogen-bond acceptors (Lipinski definition) is 6. The Bertz CT molecular complexity index is 963. The maximum Gasteiger partial charge on any atom is 0.254 e. The predicted octanol–water partition coefficient (Wildman–Crippen LogP) is 2.34. The van der Waals surface area contributed by atoms with Crippen LogP contribution < -0.4 is 9.80 Å². The zero-order valence-corrected chi connectivity index (χ0v) is 18.7. The summed E-state index contributed by atoms with van der Waals surface area (Å²) in [4.78, 5) is 32.3. The lowest BCUT2D eigenvalue weighted by Gasteiger charge is -2.35. The normalized spacial score (nSPS) is 19.6. The minimum absolute atomic E-state index is 0.102. The summed E-state index contributed by atoms with van der Waals surface area (Å²) in [5.41, 5.74) is 4.15. The Morgan fingerprint density at radius 1 is 0.935 bits per heavy atom. The van der Waals surface area contributed by atoms with Crippen LogP contribution in [0.4, 0.5) is 11.8 Å². The lowest BCUT2D eigenvalue weighted by molar-refractivity contribution is 0.0733. The van der Waals surface area contributed by atoms with Gasteiger partial charge in [-0.15, -0.1) is 0 Å². The number of anilines is 2. The second kappa shape index (κ2) is 8.46. The SMILES string of the molecule is Cc1cccc(C(=O)N2CCc3nc(N4CCN(C)CC4)nc(N4CCCC4)c3C2)c1. The molecule has 5 rings (SSSR count). The van der Waals surface area contributed by atoms with Gasteiger partial charge in [-0.2, -0.15) is 4.98 Å². The minimum atomic E-state index is 0.102. The van der Waals surface area contributed by atoms with E-state index < -0.39 is 0 Å². The molecule has 3 aliphatic rings. The third-order valence-corrected chi connectivity index (χ3v) is 6.77. The summed E-state index contributed by atoms with van der Waals surface area (Å²) in [5, 5.41) is 0. The van der Waals surface area contributed by atoms with E-state index >= 15 is 0 Å². The number of aryl methyl sites for hydroxylation is 1. The van der Waals surface area contributed by atoms with Gasteiger partial charge >= 0.3 is 0 Å². The monoisotopic (exact) mass is 420 g/mol. The Kier molecular flexibility index (Phi) is 5.52. The van der Waals surface area contributed by atoms with Gasteiger partial charge < -0.3 is 19.6 Å². The molecule has 0 bridgehead atoms. The highest BCUT2D eigenvalue weighted by Gasteiger charge is 2.30. The molecule has 1 amide bonds. The first-order valence-electron chi connectivity index (χ1n) is 11.5. The summed E-state index contributed by atoms with van der Waals surface area (Å²) in [5.74, 6) is 2.02. The van der Waals surface area contributed by atoms with E-state index in [1.807, 2.05) is 36.1 Å². The van der Waals surface area contributed by atoms with Gasteiger partial charge in [-0.1, -0.05) is 17.7 Å². The summed E-state index contributed by atoms with van der Waals surface area (Å²) < 4.78 is 0. The van der Waals surface area contributed by atoms with Crippen molar-refractivity contribution in [3.8, 4) is 0 Å². The van der Waals surface area contributed by atoms with Gasteiger partial charge in [-0.3, -0.25) is 4.79 Å². The molecule has 3 aliphatic heterocycles. The highest BCUT2D eigenvalue weighted by Crippen LogP contribution is 2.31. The molecule has 31 heavy (non-hydrogen) atoms. The molecule has 0 unspecified atom stereocenters. The fourth-order valence-electron chi connectivity index (χ4n) is 4.86. The predicted molar refractivity (Wildman–Crippen MR) is 123 cm³/mol. The zero-order valence-electron chi connectivity index (χ0n) is 18.7. The Morgan fingerprint density at radius 2 is 1.71 bits per heavy atom. The number of benzene rings is 1. The largest absolute Gasteiger partial charge is 0.356 e. The Hall–Kier alpha value is -2.67. The molecule has 7 heteroatoms. The number of rotatable bonds is 3. The summed E-state index contributed by atoms with van der Waals surface area (Å²) in [6.45, 7) is 9.42. The molecule has 0 saturated carbocycles. The molecule has 2 fully saturated rings. The molecule has 2 aromatic rings. The molecule has 2 saturated heterocycles. The number of hydrogen-bond donors (Lipinski definition) is 0. The molecule has 1 aromatic carbocycles. The molecule has 0 N–H and O–H groups in total. The van der Waals surface area contributed by atoms with Gasteiger partial charge in [0.2, 0.25) is 5.95 Å². The molecular formula is C24H32N6O. The van der Waals surface area contributed by atoms with Crippen molar-refractivity contribution in [2.75, 3.05) is 62.7 Å². The summed E-state index contributed by atoms with van der Waals surface area (Å²) in [7, 11) is 2.17. The first-order chi connectivity index (χ1) is 15.1. The van der Waals surface area contributed by atoms with E-state index in [0.29, 0.717) is 13.1 Å². The van der Waals surface area contributed by atoms with Crippen molar-refractivity contribution in [1.29, 1.82) is 0 Å². The molecule has 0 atom stereocenters. The van der Waals surface area contributed by atoms with Crippen molar-refractivity contribution in [3.63, 3.8) is 0 Å². The van der Waals surface area contributed by atoms with E-state index in [1.54, 1.807) is 0 Å². The van der Waals surface area contributed by atoms with E-state index in [-0.39, 0.29) is 5.91 Å². The summed E-state index contributed by atoms with van der Waals surface area (Å²) >= 11 is 0. The van der Waals surface area contributed by atoms with Gasteiger partial charge in [0.15, 0.2) is 0 Å². The van der Waals surface area contributed by atoms with Crippen LogP contribution in [0.3, 0.4) is 0 Å². The standard InChI is InChI=1S/C24H32N6O/c1-18-6-5-7-19(16-18)23(31)30-11-8-21-20(17-30)22(28-9-3-4-10-28)26-24(25-21)29-14-12-27(2)13-15-29/h5-7,16H,3-4,8-15,17H2,1-2H3. The first kappa shape index (κ1) is 20.2. The Labute approximate surface area is 184 Å². The van der Waals surface area contributed by atoms with Gasteiger partial charge in [0, 0.05) is 63.4 Å². The third-order valence-electron chi connectivity index (χ3n) is 6.77. The number of piperazine rings is 1. The highest BCUT2D eigenvalue weighted by molar-refractivity contribution is 5.94. The summed E-state index contributed by atoms with van der Waals surface area (Å²) in [6, 6.07) is 7.88. The molecule has 0 spiro atoms. The lowest BCUT2D eigenvalue weighted by Crippen LogP contribution is -2.45. The van der Waals surface area contributed by atoms with E-state index in [4.69, 9.17) is 9.97 Å². The third kappa shape index (κ3) is 4.11. The summed E-state index contributed by atoms with van der Waals surface area (Å²) in [6.07, 6.45) is 3.19. The maximum absolute atomic E-state index is 13.2. The van der Waals surface area contributed by atoms with Crippen molar-refractivity contribution in [3.05, 3.63) is 46.6 Å². The number of nitrogens with zero attached hydrogens (tertiary/aromatic N) is 6. The zero-order chi connectivity index (χ0) is 21.4. The lowest BCUT2D eigenvalue weighted by atomic mass is 10.0. The molecule has 164 valence electrons. The average molecular weight is 421 g/mol. The Morgan fingerprint density at radius 3 is 2.45 bits per heavy atom. The quantitative estimate of drug-likeness (QED) is 0.760. The van der Waals surface area contributed by atoms with E-state index in [0.717, 1.165) is 79.8 Å². The molecule has 4 heterocycles. The van der Waals surface area contributed by atoms with Crippen LogP contribution in [-0.4, -0.2) is 78.5 Å². The van der Waals surface area contributed by atoms with Crippen molar-refractivity contribution in [2.45, 2.75) is 32.7 Å². The van der Waals surface area contributed by atoms with Crippen LogP contribution in [0.2, 0.25) is 0 Å². The number of carbonyl (C=O) groups is 1. The van der Waals surface area contributed by atoms with Crippen LogP contribution in [0.25, 0.3) is 0 Å². The van der Waals surface area contributed by atoms with Crippen molar-refractivity contribution >= 4 is 17.7 Å². The van der Waals surface area contributed by atoms with Crippen LogP contribution >= 0.6 is 0 Å². The highest BCUT2D eigenvalue weighted by atomic mass is 16.2. The second-order valence-electron chi connectivity index (χ2n) is 9.10. The topological polar surface area (TPSA) is 55.8 Å². The van der Waals surface area contributed by atoms with Crippen LogP contribution in [-0.2, 0) is 13.0 Å². The fourth-order valence-corrected chi connectivity index (χ4v) is 4.86. The van der Waals surface area contributed by atoms with Gasteiger partial charge in [0.1, 0.15) is 5.82 Å². The van der Waals surface area contributed by atoms with Gasteiger partial charge in [-0.05, 0) is 38.9 Å². The molecule has 0 radical (unpaired) electrons. The Balaban J connectivity index is 1.45. The van der Waals surface area contributed by atoms with Crippen LogP contribution in [0.5, 0.6) is 0 Å². The maximum atomic E-state index is 13.2. The van der Waals surface area contributed by atoms with Crippen LogP contribution in [0.15, 0.2) is 24.3 Å². The van der Waals surface area contributed by atoms with E-state index in [1.165, 1.54) is 12.8 Å².